The lowest BCUT2D eigenvalue weighted by molar-refractivity contribution is 0.329. The number of nitrogens with one attached hydrogen (secondary N) is 1. The zero-order valence-corrected chi connectivity index (χ0v) is 11.6. The van der Waals surface area contributed by atoms with Crippen molar-refractivity contribution >= 4 is 28.8 Å². The molecule has 0 radical (unpaired) electrons. The number of aromatic nitrogens is 1. The van der Waals surface area contributed by atoms with Gasteiger partial charge in [0, 0.05) is 0 Å². The molecule has 0 aliphatic heterocycles. The summed E-state index contributed by atoms with van der Waals surface area (Å²) in [5.41, 5.74) is 7.39. The van der Waals surface area contributed by atoms with Crippen molar-refractivity contribution in [1.82, 2.24) is 4.98 Å². The molecule has 1 aromatic heterocycles. The first kappa shape index (κ1) is 14.0. The highest BCUT2D eigenvalue weighted by atomic mass is 35.5. The van der Waals surface area contributed by atoms with Gasteiger partial charge < -0.3 is 15.8 Å². The van der Waals surface area contributed by atoms with Crippen molar-refractivity contribution in [3.05, 3.63) is 40.9 Å². The van der Waals surface area contributed by atoms with Crippen molar-refractivity contribution in [2.24, 2.45) is 0 Å². The van der Waals surface area contributed by atoms with E-state index in [1.807, 2.05) is 13.0 Å². The number of anilines is 3. The van der Waals surface area contributed by atoms with E-state index >= 15 is 0 Å². The van der Waals surface area contributed by atoms with Gasteiger partial charge in [-0.05, 0) is 37.3 Å². The summed E-state index contributed by atoms with van der Waals surface area (Å²) in [6.07, 6.45) is 0. The first-order chi connectivity index (χ1) is 9.63. The van der Waals surface area contributed by atoms with Gasteiger partial charge in [0.25, 0.3) is 0 Å². The number of rotatable bonds is 4. The summed E-state index contributed by atoms with van der Waals surface area (Å²) in [6, 6.07) is 10.4. The van der Waals surface area contributed by atoms with E-state index in [4.69, 9.17) is 27.3 Å². The number of hydrogen-bond donors (Lipinski definition) is 2. The monoisotopic (exact) mass is 288 g/mol. The van der Waals surface area contributed by atoms with Crippen LogP contribution < -0.4 is 15.8 Å². The number of nitrogens with two attached hydrogens (primary N) is 1. The molecule has 0 bridgehead atoms. The Morgan fingerprint density at radius 3 is 2.85 bits per heavy atom. The second-order valence-electron chi connectivity index (χ2n) is 3.96. The minimum Gasteiger partial charge on any atom is -0.476 e. The molecule has 2 rings (SSSR count). The maximum atomic E-state index is 8.80. The Hall–Kier alpha value is -2.45. The first-order valence-corrected chi connectivity index (χ1v) is 6.38. The molecule has 0 atom stereocenters. The predicted molar refractivity (Wildman–Crippen MR) is 79.3 cm³/mol. The van der Waals surface area contributed by atoms with Crippen LogP contribution in [0.25, 0.3) is 0 Å². The molecular formula is C14H13ClN4O. The third kappa shape index (κ3) is 3.11. The molecule has 0 aliphatic carbocycles. The highest BCUT2D eigenvalue weighted by molar-refractivity contribution is 6.33. The topological polar surface area (TPSA) is 84.0 Å². The molecule has 1 heterocycles. The van der Waals surface area contributed by atoms with Gasteiger partial charge in [0.2, 0.25) is 5.88 Å². The standard InChI is InChI=1S/C14H13ClN4O/c1-2-20-14-11(17)4-6-13(19-14)18-12-5-3-9(8-16)7-10(12)15/h3-7H,2,17H2,1H3,(H,18,19). The molecule has 1 aromatic carbocycles. The third-order valence-corrected chi connectivity index (χ3v) is 2.84. The van der Waals surface area contributed by atoms with Crippen molar-refractivity contribution in [3.8, 4) is 11.9 Å². The van der Waals surface area contributed by atoms with Gasteiger partial charge in [-0.15, -0.1) is 0 Å². The second kappa shape index (κ2) is 6.13. The van der Waals surface area contributed by atoms with Crippen molar-refractivity contribution in [2.45, 2.75) is 6.92 Å². The van der Waals surface area contributed by atoms with Crippen LogP contribution in [-0.4, -0.2) is 11.6 Å². The average molecular weight is 289 g/mol. The minimum atomic E-state index is 0.377. The summed E-state index contributed by atoms with van der Waals surface area (Å²) in [6.45, 7) is 2.34. The molecule has 0 spiro atoms. The molecule has 0 amide bonds. The normalized spacial score (nSPS) is 9.85. The fourth-order valence-electron chi connectivity index (χ4n) is 1.60. The number of halogens is 1. The maximum Gasteiger partial charge on any atom is 0.239 e. The number of nitrogens with zero attached hydrogens (tertiary/aromatic N) is 2. The van der Waals surface area contributed by atoms with E-state index in [1.54, 1.807) is 30.3 Å². The largest absolute Gasteiger partial charge is 0.476 e. The predicted octanol–water partition coefficient (Wildman–Crippen LogP) is 3.33. The fraction of sp³-hybridized carbons (Fsp3) is 0.143. The van der Waals surface area contributed by atoms with Gasteiger partial charge in [0.15, 0.2) is 0 Å². The minimum absolute atomic E-state index is 0.377. The SMILES string of the molecule is CCOc1nc(Nc2ccc(C#N)cc2Cl)ccc1N. The molecular weight excluding hydrogens is 276 g/mol. The molecule has 0 fully saturated rings. The van der Waals surface area contributed by atoms with Crippen LogP contribution in [0.1, 0.15) is 12.5 Å². The van der Waals surface area contributed by atoms with Crippen LogP contribution in [-0.2, 0) is 0 Å². The van der Waals surface area contributed by atoms with Crippen LogP contribution in [0.2, 0.25) is 5.02 Å². The van der Waals surface area contributed by atoms with Gasteiger partial charge in [-0.2, -0.15) is 10.2 Å². The van der Waals surface area contributed by atoms with Crippen LogP contribution in [0.5, 0.6) is 5.88 Å². The fourth-order valence-corrected chi connectivity index (χ4v) is 1.82. The second-order valence-corrected chi connectivity index (χ2v) is 4.36. The van der Waals surface area contributed by atoms with E-state index in [9.17, 15) is 0 Å². The Balaban J connectivity index is 2.26. The molecule has 0 saturated heterocycles. The lowest BCUT2D eigenvalue weighted by Gasteiger charge is -2.11. The number of nitrogen functional groups attached to an aromatic ring is 1. The van der Waals surface area contributed by atoms with Crippen molar-refractivity contribution in [2.75, 3.05) is 17.7 Å². The average Bonchev–Trinajstić information content (AvgIpc) is 2.45. The summed E-state index contributed by atoms with van der Waals surface area (Å²) in [5, 5.41) is 12.3. The molecule has 6 heteroatoms. The number of hydrogen-bond acceptors (Lipinski definition) is 5. The van der Waals surface area contributed by atoms with E-state index in [0.717, 1.165) is 0 Å². The van der Waals surface area contributed by atoms with E-state index in [0.29, 0.717) is 40.3 Å². The number of benzene rings is 1. The highest BCUT2D eigenvalue weighted by Crippen LogP contribution is 2.28. The highest BCUT2D eigenvalue weighted by Gasteiger charge is 2.06. The Bertz CT molecular complexity index is 667. The maximum absolute atomic E-state index is 8.80. The van der Waals surface area contributed by atoms with Gasteiger partial charge >= 0.3 is 0 Å². The smallest absolute Gasteiger partial charge is 0.239 e. The zero-order chi connectivity index (χ0) is 14.5. The first-order valence-electron chi connectivity index (χ1n) is 6.00. The molecule has 0 aliphatic rings. The van der Waals surface area contributed by atoms with Crippen LogP contribution in [0.3, 0.4) is 0 Å². The third-order valence-electron chi connectivity index (χ3n) is 2.53. The van der Waals surface area contributed by atoms with Gasteiger partial charge in [-0.25, -0.2) is 0 Å². The van der Waals surface area contributed by atoms with Crippen LogP contribution in [0.15, 0.2) is 30.3 Å². The Labute approximate surface area is 122 Å². The summed E-state index contributed by atoms with van der Waals surface area (Å²) < 4.78 is 5.33. The quantitative estimate of drug-likeness (QED) is 0.901. The van der Waals surface area contributed by atoms with Crippen molar-refractivity contribution in [1.29, 1.82) is 5.26 Å². The Morgan fingerprint density at radius 2 is 2.20 bits per heavy atom. The van der Waals surface area contributed by atoms with Crippen LogP contribution in [0.4, 0.5) is 17.2 Å². The van der Waals surface area contributed by atoms with Gasteiger partial charge in [0.05, 0.1) is 34.6 Å². The molecule has 20 heavy (non-hydrogen) atoms. The van der Waals surface area contributed by atoms with E-state index in [2.05, 4.69) is 10.3 Å². The van der Waals surface area contributed by atoms with Crippen LogP contribution >= 0.6 is 11.6 Å². The lowest BCUT2D eigenvalue weighted by atomic mass is 10.2. The summed E-state index contributed by atoms with van der Waals surface area (Å²) >= 11 is 6.09. The van der Waals surface area contributed by atoms with Gasteiger partial charge in [-0.3, -0.25) is 0 Å². The van der Waals surface area contributed by atoms with E-state index in [1.165, 1.54) is 0 Å². The molecule has 3 N–H and O–H groups in total. The molecule has 0 saturated carbocycles. The molecule has 5 nitrogen and oxygen atoms in total. The summed E-state index contributed by atoms with van der Waals surface area (Å²) in [5.74, 6) is 0.941. The molecule has 0 unspecified atom stereocenters. The molecule has 102 valence electrons. The van der Waals surface area contributed by atoms with E-state index in [-0.39, 0.29) is 0 Å². The Kier molecular flexibility index (Phi) is 4.28. The van der Waals surface area contributed by atoms with Crippen molar-refractivity contribution in [3.63, 3.8) is 0 Å². The molecule has 2 aromatic rings. The number of nitriles is 1. The van der Waals surface area contributed by atoms with Crippen LogP contribution in [0, 0.1) is 11.3 Å². The summed E-state index contributed by atoms with van der Waals surface area (Å²) in [4.78, 5) is 4.26. The Morgan fingerprint density at radius 1 is 1.40 bits per heavy atom. The lowest BCUT2D eigenvalue weighted by Crippen LogP contribution is -2.02. The summed E-state index contributed by atoms with van der Waals surface area (Å²) in [7, 11) is 0. The number of pyridine rings is 1. The van der Waals surface area contributed by atoms with Gasteiger partial charge in [0.1, 0.15) is 5.82 Å². The number of ether oxygens (including phenoxy) is 1. The zero-order valence-electron chi connectivity index (χ0n) is 10.9. The van der Waals surface area contributed by atoms with Crippen molar-refractivity contribution < 1.29 is 4.74 Å². The van der Waals surface area contributed by atoms with Gasteiger partial charge in [-0.1, -0.05) is 11.6 Å². The van der Waals surface area contributed by atoms with E-state index < -0.39 is 0 Å².